The molecule has 190 valence electrons. The lowest BCUT2D eigenvalue weighted by Crippen LogP contribution is -2.30. The zero-order valence-electron chi connectivity index (χ0n) is 20.7. The maximum atomic E-state index is 13.3. The molecule has 36 heavy (non-hydrogen) atoms. The third-order valence-corrected chi connectivity index (χ3v) is 7.09. The van der Waals surface area contributed by atoms with Crippen LogP contribution < -0.4 is 14.8 Å². The molecule has 1 N–H and O–H groups in total. The molecule has 1 aliphatic rings. The van der Waals surface area contributed by atoms with Gasteiger partial charge in [0.1, 0.15) is 17.5 Å². The zero-order valence-corrected chi connectivity index (χ0v) is 22.3. The second kappa shape index (κ2) is 11.7. The quantitative estimate of drug-likeness (QED) is 0.198. The number of carbonyl (C=O) groups is 1. The molecule has 0 saturated carbocycles. The summed E-state index contributed by atoms with van der Waals surface area (Å²) in [5.41, 5.74) is 2.80. The highest BCUT2D eigenvalue weighted by molar-refractivity contribution is 7.98. The van der Waals surface area contributed by atoms with Crippen LogP contribution in [0.25, 0.3) is 0 Å². The first-order valence-electron chi connectivity index (χ1n) is 11.7. The Kier molecular flexibility index (Phi) is 8.43. The van der Waals surface area contributed by atoms with Crippen molar-refractivity contribution in [1.82, 2.24) is 14.8 Å². The maximum Gasteiger partial charge on any atom is 0.338 e. The number of nitrogens with zero attached hydrogens (tertiary/aromatic N) is 3. The Labute approximate surface area is 220 Å². The van der Waals surface area contributed by atoms with E-state index in [2.05, 4.69) is 5.32 Å². The Morgan fingerprint density at radius 1 is 1.19 bits per heavy atom. The van der Waals surface area contributed by atoms with Gasteiger partial charge >= 0.3 is 5.97 Å². The van der Waals surface area contributed by atoms with E-state index < -0.39 is 12.0 Å². The number of unbranched alkanes of at least 4 members (excludes halogenated alkanes) is 1. The molecule has 2 heterocycles. The Morgan fingerprint density at radius 2 is 2.00 bits per heavy atom. The summed E-state index contributed by atoms with van der Waals surface area (Å²) in [6, 6.07) is 12.5. The number of benzene rings is 2. The van der Waals surface area contributed by atoms with Crippen LogP contribution in [0, 0.1) is 0 Å². The average Bonchev–Trinajstić information content (AvgIpc) is 3.29. The summed E-state index contributed by atoms with van der Waals surface area (Å²) in [5.74, 6) is 1.95. The van der Waals surface area contributed by atoms with Crippen LogP contribution in [0.3, 0.4) is 0 Å². The van der Waals surface area contributed by atoms with Crippen LogP contribution in [0.4, 0.5) is 5.95 Å². The largest absolute Gasteiger partial charge is 0.497 e. The highest BCUT2D eigenvalue weighted by atomic mass is 35.5. The number of thioether (sulfide) groups is 1. The van der Waals surface area contributed by atoms with Gasteiger partial charge in [0.25, 0.3) is 0 Å². The molecule has 0 bridgehead atoms. The van der Waals surface area contributed by atoms with Crippen LogP contribution in [-0.4, -0.2) is 41.6 Å². The molecular weight excluding hydrogens is 500 g/mol. The standard InChI is InChI=1S/C26H29ClN4O4S/c1-5-6-13-35-24(32)22-16(2)28-25-29-26(36-15-17-9-7-8-10-20(17)27)30-31(25)23(22)19-14-18(33-3)11-12-21(19)34-4/h7-12,14,23H,5-6,13,15H2,1-4H3,(H,28,29,30). The summed E-state index contributed by atoms with van der Waals surface area (Å²) in [6.45, 7) is 4.23. The fraction of sp³-hybridized carbons (Fsp3) is 0.346. The molecule has 0 radical (unpaired) electrons. The van der Waals surface area contributed by atoms with Crippen LogP contribution in [0.15, 0.2) is 58.9 Å². The van der Waals surface area contributed by atoms with Crippen molar-refractivity contribution in [2.75, 3.05) is 26.1 Å². The summed E-state index contributed by atoms with van der Waals surface area (Å²) >= 11 is 7.79. The normalized spacial score (nSPS) is 14.8. The molecule has 0 spiro atoms. The summed E-state index contributed by atoms with van der Waals surface area (Å²) in [4.78, 5) is 18.0. The van der Waals surface area contributed by atoms with Gasteiger partial charge in [-0.05, 0) is 43.2 Å². The summed E-state index contributed by atoms with van der Waals surface area (Å²) < 4.78 is 18.5. The van der Waals surface area contributed by atoms with Crippen LogP contribution in [0.1, 0.15) is 43.9 Å². The monoisotopic (exact) mass is 528 g/mol. The van der Waals surface area contributed by atoms with Crippen LogP contribution in [0.5, 0.6) is 11.5 Å². The lowest BCUT2D eigenvalue weighted by molar-refractivity contribution is -0.139. The van der Waals surface area contributed by atoms with Gasteiger partial charge in [-0.15, -0.1) is 5.10 Å². The van der Waals surface area contributed by atoms with Crippen molar-refractivity contribution < 1.29 is 19.0 Å². The molecule has 4 rings (SSSR count). The number of halogens is 1. The number of allylic oxidation sites excluding steroid dienone is 1. The molecule has 1 unspecified atom stereocenters. The number of carbonyl (C=O) groups excluding carboxylic acids is 1. The van der Waals surface area contributed by atoms with Gasteiger partial charge in [-0.2, -0.15) is 4.98 Å². The van der Waals surface area contributed by atoms with Crippen molar-refractivity contribution in [1.29, 1.82) is 0 Å². The van der Waals surface area contributed by atoms with E-state index in [1.165, 1.54) is 11.8 Å². The summed E-state index contributed by atoms with van der Waals surface area (Å²) in [6.07, 6.45) is 1.71. The number of methoxy groups -OCH3 is 2. The minimum atomic E-state index is -0.623. The highest BCUT2D eigenvalue weighted by Gasteiger charge is 2.37. The van der Waals surface area contributed by atoms with E-state index in [0.717, 1.165) is 18.4 Å². The average molecular weight is 529 g/mol. The Hall–Kier alpha value is -3.17. The van der Waals surface area contributed by atoms with E-state index >= 15 is 0 Å². The van der Waals surface area contributed by atoms with E-state index in [-0.39, 0.29) is 0 Å². The second-order valence-electron chi connectivity index (χ2n) is 8.21. The first-order chi connectivity index (χ1) is 17.5. The highest BCUT2D eigenvalue weighted by Crippen LogP contribution is 2.41. The number of aromatic nitrogens is 3. The fourth-order valence-corrected chi connectivity index (χ4v) is 5.06. The van der Waals surface area contributed by atoms with E-state index in [1.807, 2.05) is 56.3 Å². The maximum absolute atomic E-state index is 13.3. The first-order valence-corrected chi connectivity index (χ1v) is 13.0. The first kappa shape index (κ1) is 25.9. The Balaban J connectivity index is 1.75. The van der Waals surface area contributed by atoms with Crippen LogP contribution in [-0.2, 0) is 15.3 Å². The molecule has 0 amide bonds. The van der Waals surface area contributed by atoms with Crippen molar-refractivity contribution in [3.05, 3.63) is 69.9 Å². The van der Waals surface area contributed by atoms with Gasteiger partial charge in [0, 0.05) is 22.0 Å². The smallest absolute Gasteiger partial charge is 0.338 e. The van der Waals surface area contributed by atoms with Crippen molar-refractivity contribution in [3.8, 4) is 11.5 Å². The molecule has 2 aromatic carbocycles. The van der Waals surface area contributed by atoms with Crippen molar-refractivity contribution >= 4 is 35.3 Å². The Morgan fingerprint density at radius 3 is 2.72 bits per heavy atom. The molecule has 3 aromatic rings. The number of fused-ring (bicyclic) bond motifs is 1. The number of esters is 1. The lowest BCUT2D eigenvalue weighted by Gasteiger charge is -2.29. The third-order valence-electron chi connectivity index (χ3n) is 5.83. The predicted octanol–water partition coefficient (Wildman–Crippen LogP) is 5.87. The third kappa shape index (κ3) is 5.47. The summed E-state index contributed by atoms with van der Waals surface area (Å²) in [5, 5.41) is 9.25. The number of hydrogen-bond donors (Lipinski definition) is 1. The lowest BCUT2D eigenvalue weighted by atomic mass is 9.94. The molecule has 0 saturated heterocycles. The predicted molar refractivity (Wildman–Crippen MR) is 141 cm³/mol. The van der Waals surface area contributed by atoms with Gasteiger partial charge in [-0.3, -0.25) is 0 Å². The zero-order chi connectivity index (χ0) is 25.7. The molecule has 0 aliphatic carbocycles. The van der Waals surface area contributed by atoms with Crippen molar-refractivity contribution in [2.24, 2.45) is 0 Å². The fourth-order valence-electron chi connectivity index (χ4n) is 3.94. The molecule has 1 aliphatic heterocycles. The minimum Gasteiger partial charge on any atom is -0.497 e. The van der Waals surface area contributed by atoms with Crippen LogP contribution in [0.2, 0.25) is 5.02 Å². The molecule has 8 nitrogen and oxygen atoms in total. The SMILES string of the molecule is CCCCOC(=O)C1=C(C)Nc2nc(SCc3ccccc3Cl)nn2C1c1cc(OC)ccc1OC. The van der Waals surface area contributed by atoms with Gasteiger partial charge in [0.2, 0.25) is 11.1 Å². The minimum absolute atomic E-state index is 0.344. The number of nitrogens with one attached hydrogen (secondary N) is 1. The summed E-state index contributed by atoms with van der Waals surface area (Å²) in [7, 11) is 3.19. The van der Waals surface area contributed by atoms with E-state index in [1.54, 1.807) is 18.9 Å². The van der Waals surface area contributed by atoms with E-state index in [9.17, 15) is 4.79 Å². The van der Waals surface area contributed by atoms with E-state index in [4.69, 9.17) is 35.9 Å². The molecule has 0 fully saturated rings. The van der Waals surface area contributed by atoms with Gasteiger partial charge in [0.15, 0.2) is 0 Å². The van der Waals surface area contributed by atoms with Crippen molar-refractivity contribution in [2.45, 2.75) is 43.6 Å². The van der Waals surface area contributed by atoms with Gasteiger partial charge in [-0.25, -0.2) is 9.48 Å². The number of anilines is 1. The van der Waals surface area contributed by atoms with Gasteiger partial charge < -0.3 is 19.5 Å². The topological polar surface area (TPSA) is 87.5 Å². The molecular formula is C26H29ClN4O4S. The van der Waals surface area contributed by atoms with E-state index in [0.29, 0.717) is 56.8 Å². The molecule has 1 aromatic heterocycles. The van der Waals surface area contributed by atoms with Gasteiger partial charge in [0.05, 0.1) is 26.4 Å². The Bertz CT molecular complexity index is 1280. The van der Waals surface area contributed by atoms with Crippen LogP contribution >= 0.6 is 23.4 Å². The van der Waals surface area contributed by atoms with Crippen molar-refractivity contribution in [3.63, 3.8) is 0 Å². The second-order valence-corrected chi connectivity index (χ2v) is 9.56. The van der Waals surface area contributed by atoms with Gasteiger partial charge in [-0.1, -0.05) is 54.9 Å². The number of hydrogen-bond acceptors (Lipinski definition) is 8. The number of ether oxygens (including phenoxy) is 3. The molecule has 1 atom stereocenters. The number of rotatable bonds is 10. The molecule has 10 heteroatoms.